The van der Waals surface area contributed by atoms with Crippen molar-refractivity contribution in [1.29, 1.82) is 0 Å². The maximum atomic E-state index is 12.3. The molecule has 1 N–H and O–H groups in total. The van der Waals surface area contributed by atoms with E-state index in [2.05, 4.69) is 10.4 Å². The van der Waals surface area contributed by atoms with Crippen LogP contribution in [-0.2, 0) is 16.6 Å². The van der Waals surface area contributed by atoms with Gasteiger partial charge in [-0.25, -0.2) is 0 Å². The standard InChI is InChI=1S/C19H22N4O2/c1-22-12-11-17(21-22)20-19(25)16-9-13-23(14-10-16)18(24)8-7-15-5-3-2-4-6-15/h2-8,11-12,16H,9-10,13-14H2,1H3,(H,20,21,25)/b8-7+. The lowest BCUT2D eigenvalue weighted by atomic mass is 9.96. The normalized spacial score (nSPS) is 15.5. The molecule has 2 heterocycles. The Bertz CT molecular complexity index is 759. The fraction of sp³-hybridized carbons (Fsp3) is 0.316. The molecule has 1 aromatic heterocycles. The van der Waals surface area contributed by atoms with Gasteiger partial charge in [-0.2, -0.15) is 5.10 Å². The summed E-state index contributed by atoms with van der Waals surface area (Å²) >= 11 is 0. The predicted molar refractivity (Wildman–Crippen MR) is 96.6 cm³/mol. The van der Waals surface area contributed by atoms with Gasteiger partial charge in [0.25, 0.3) is 0 Å². The van der Waals surface area contributed by atoms with Crippen LogP contribution in [0.1, 0.15) is 18.4 Å². The van der Waals surface area contributed by atoms with Crippen LogP contribution in [0.15, 0.2) is 48.7 Å². The number of hydrogen-bond donors (Lipinski definition) is 1. The minimum atomic E-state index is -0.0795. The van der Waals surface area contributed by atoms with Gasteiger partial charge in [-0.15, -0.1) is 0 Å². The number of anilines is 1. The average molecular weight is 338 g/mol. The number of rotatable bonds is 4. The Hall–Kier alpha value is -2.89. The van der Waals surface area contributed by atoms with Crippen LogP contribution in [-0.4, -0.2) is 39.6 Å². The van der Waals surface area contributed by atoms with E-state index < -0.39 is 0 Å². The molecular weight excluding hydrogens is 316 g/mol. The highest BCUT2D eigenvalue weighted by molar-refractivity contribution is 5.93. The molecule has 0 aliphatic carbocycles. The third-order valence-corrected chi connectivity index (χ3v) is 4.36. The number of hydrogen-bond acceptors (Lipinski definition) is 3. The Kier molecular flexibility index (Phi) is 5.28. The highest BCUT2D eigenvalue weighted by Crippen LogP contribution is 2.19. The minimum Gasteiger partial charge on any atom is -0.339 e. The fourth-order valence-electron chi connectivity index (χ4n) is 2.91. The highest BCUT2D eigenvalue weighted by atomic mass is 16.2. The van der Waals surface area contributed by atoms with Gasteiger partial charge in [0.05, 0.1) is 0 Å². The van der Waals surface area contributed by atoms with Crippen molar-refractivity contribution < 1.29 is 9.59 Å². The molecule has 1 aliphatic rings. The van der Waals surface area contributed by atoms with Crippen molar-refractivity contribution in [3.8, 4) is 0 Å². The number of nitrogens with zero attached hydrogens (tertiary/aromatic N) is 3. The van der Waals surface area contributed by atoms with Crippen molar-refractivity contribution in [1.82, 2.24) is 14.7 Å². The summed E-state index contributed by atoms with van der Waals surface area (Å²) in [6.07, 6.45) is 6.55. The van der Waals surface area contributed by atoms with Crippen molar-refractivity contribution in [3.63, 3.8) is 0 Å². The molecule has 2 amide bonds. The van der Waals surface area contributed by atoms with Gasteiger partial charge in [0.2, 0.25) is 11.8 Å². The van der Waals surface area contributed by atoms with E-state index in [-0.39, 0.29) is 17.7 Å². The minimum absolute atomic E-state index is 0.00700. The lowest BCUT2D eigenvalue weighted by Crippen LogP contribution is -2.40. The third kappa shape index (κ3) is 4.56. The highest BCUT2D eigenvalue weighted by Gasteiger charge is 2.26. The van der Waals surface area contributed by atoms with Crippen molar-refractivity contribution in [2.24, 2.45) is 13.0 Å². The van der Waals surface area contributed by atoms with Crippen LogP contribution in [0.3, 0.4) is 0 Å². The Morgan fingerprint density at radius 1 is 1.16 bits per heavy atom. The number of amides is 2. The molecule has 1 fully saturated rings. The lowest BCUT2D eigenvalue weighted by Gasteiger charge is -2.30. The Morgan fingerprint density at radius 2 is 1.88 bits per heavy atom. The zero-order valence-corrected chi connectivity index (χ0v) is 14.3. The quantitative estimate of drug-likeness (QED) is 0.870. The zero-order chi connectivity index (χ0) is 17.6. The second-order valence-electron chi connectivity index (χ2n) is 6.21. The van der Waals surface area contributed by atoms with E-state index in [1.165, 1.54) is 0 Å². The van der Waals surface area contributed by atoms with E-state index in [1.54, 1.807) is 27.9 Å². The summed E-state index contributed by atoms with van der Waals surface area (Å²) in [6, 6.07) is 11.5. The summed E-state index contributed by atoms with van der Waals surface area (Å²) in [6.45, 7) is 1.19. The van der Waals surface area contributed by atoms with Crippen molar-refractivity contribution >= 4 is 23.7 Å². The summed E-state index contributed by atoms with van der Waals surface area (Å²) in [5.74, 6) is 0.457. The first-order valence-corrected chi connectivity index (χ1v) is 8.44. The Labute approximate surface area is 147 Å². The molecule has 0 radical (unpaired) electrons. The van der Waals surface area contributed by atoms with E-state index in [1.807, 2.05) is 43.5 Å². The average Bonchev–Trinajstić information content (AvgIpc) is 3.05. The second-order valence-corrected chi connectivity index (χ2v) is 6.21. The number of likely N-dealkylation sites (tertiary alicyclic amines) is 1. The van der Waals surface area contributed by atoms with Gasteiger partial charge in [0.15, 0.2) is 5.82 Å². The van der Waals surface area contributed by atoms with E-state index in [9.17, 15) is 9.59 Å². The number of carbonyl (C=O) groups is 2. The van der Waals surface area contributed by atoms with Crippen LogP contribution < -0.4 is 5.32 Å². The van der Waals surface area contributed by atoms with Crippen LogP contribution >= 0.6 is 0 Å². The molecule has 1 aromatic carbocycles. The van der Waals surface area contributed by atoms with Gasteiger partial charge in [0, 0.05) is 44.4 Å². The fourth-order valence-corrected chi connectivity index (χ4v) is 2.91. The van der Waals surface area contributed by atoms with Gasteiger partial charge in [-0.05, 0) is 24.5 Å². The molecule has 6 nitrogen and oxygen atoms in total. The monoisotopic (exact) mass is 338 g/mol. The van der Waals surface area contributed by atoms with Crippen LogP contribution in [0.4, 0.5) is 5.82 Å². The van der Waals surface area contributed by atoms with Crippen LogP contribution in [0, 0.1) is 5.92 Å². The third-order valence-electron chi connectivity index (χ3n) is 4.36. The van der Waals surface area contributed by atoms with Gasteiger partial charge < -0.3 is 10.2 Å². The largest absolute Gasteiger partial charge is 0.339 e. The number of piperidine rings is 1. The molecule has 3 rings (SSSR count). The maximum absolute atomic E-state index is 12.3. The summed E-state index contributed by atoms with van der Waals surface area (Å²) in [5, 5.41) is 6.99. The van der Waals surface area contributed by atoms with Crippen molar-refractivity contribution in [2.75, 3.05) is 18.4 Å². The second kappa shape index (κ2) is 7.79. The molecule has 25 heavy (non-hydrogen) atoms. The first-order chi connectivity index (χ1) is 12.1. The zero-order valence-electron chi connectivity index (χ0n) is 14.3. The molecule has 0 atom stereocenters. The number of carbonyl (C=O) groups excluding carboxylic acids is 2. The molecule has 130 valence electrons. The van der Waals surface area contributed by atoms with Gasteiger partial charge in [-0.1, -0.05) is 30.3 Å². The smallest absolute Gasteiger partial charge is 0.246 e. The molecule has 1 saturated heterocycles. The van der Waals surface area contributed by atoms with Gasteiger partial charge >= 0.3 is 0 Å². The Balaban J connectivity index is 1.48. The van der Waals surface area contributed by atoms with Gasteiger partial charge in [-0.3, -0.25) is 14.3 Å². The molecule has 2 aromatic rings. The van der Waals surface area contributed by atoms with Crippen LogP contribution in [0.2, 0.25) is 0 Å². The molecule has 6 heteroatoms. The number of benzene rings is 1. The maximum Gasteiger partial charge on any atom is 0.246 e. The van der Waals surface area contributed by atoms with E-state index in [0.717, 1.165) is 5.56 Å². The SMILES string of the molecule is Cn1ccc(NC(=O)C2CCN(C(=O)/C=C/c3ccccc3)CC2)n1. The summed E-state index contributed by atoms with van der Waals surface area (Å²) in [7, 11) is 1.81. The summed E-state index contributed by atoms with van der Waals surface area (Å²) in [4.78, 5) is 26.3. The molecule has 1 aliphatic heterocycles. The summed E-state index contributed by atoms with van der Waals surface area (Å²) in [5.41, 5.74) is 1.00. The Morgan fingerprint density at radius 3 is 2.52 bits per heavy atom. The predicted octanol–water partition coefficient (Wildman–Crippen LogP) is 2.31. The molecule has 0 unspecified atom stereocenters. The van der Waals surface area contributed by atoms with E-state index >= 15 is 0 Å². The topological polar surface area (TPSA) is 67.2 Å². The molecular formula is C19H22N4O2. The molecule has 0 saturated carbocycles. The molecule has 0 bridgehead atoms. The number of nitrogens with one attached hydrogen (secondary N) is 1. The molecule has 0 spiro atoms. The van der Waals surface area contributed by atoms with Crippen LogP contribution in [0.5, 0.6) is 0 Å². The first kappa shape index (κ1) is 17.0. The van der Waals surface area contributed by atoms with E-state index in [0.29, 0.717) is 31.7 Å². The van der Waals surface area contributed by atoms with Crippen molar-refractivity contribution in [3.05, 3.63) is 54.2 Å². The van der Waals surface area contributed by atoms with E-state index in [4.69, 9.17) is 0 Å². The number of aromatic nitrogens is 2. The lowest BCUT2D eigenvalue weighted by molar-refractivity contribution is -0.130. The van der Waals surface area contributed by atoms with Crippen LogP contribution in [0.25, 0.3) is 6.08 Å². The number of aryl methyl sites for hydroxylation is 1. The van der Waals surface area contributed by atoms with Gasteiger partial charge in [0.1, 0.15) is 0 Å². The van der Waals surface area contributed by atoms with Crippen molar-refractivity contribution in [2.45, 2.75) is 12.8 Å². The summed E-state index contributed by atoms with van der Waals surface area (Å²) < 4.78 is 1.65. The first-order valence-electron chi connectivity index (χ1n) is 8.44.